The van der Waals surface area contributed by atoms with Crippen molar-refractivity contribution in [3.05, 3.63) is 24.3 Å². The first-order valence-corrected chi connectivity index (χ1v) is 4.51. The fourth-order valence-electron chi connectivity index (χ4n) is 0.721. The van der Waals surface area contributed by atoms with Crippen molar-refractivity contribution in [3.63, 3.8) is 0 Å². The molecule has 0 aliphatic rings. The van der Waals surface area contributed by atoms with E-state index in [2.05, 4.69) is 39.0 Å². The molecule has 0 amide bonds. The van der Waals surface area contributed by atoms with E-state index in [9.17, 15) is 0 Å². The van der Waals surface area contributed by atoms with Gasteiger partial charge in [0.25, 0.3) is 0 Å². The molecule has 0 bridgehead atoms. The van der Waals surface area contributed by atoms with E-state index in [-0.39, 0.29) is 0 Å². The van der Waals surface area contributed by atoms with Crippen molar-refractivity contribution < 1.29 is 0 Å². The molecule has 1 radical (unpaired) electrons. The SMILES string of the molecule is CCCCC=C/[C]=C/C(C)C. The van der Waals surface area contributed by atoms with Crippen molar-refractivity contribution in [1.82, 2.24) is 0 Å². The van der Waals surface area contributed by atoms with Gasteiger partial charge >= 0.3 is 0 Å². The third-order valence-corrected chi connectivity index (χ3v) is 1.37. The zero-order valence-electron chi connectivity index (χ0n) is 7.93. The van der Waals surface area contributed by atoms with Crippen LogP contribution in [0.4, 0.5) is 0 Å². The summed E-state index contributed by atoms with van der Waals surface area (Å²) >= 11 is 0. The first-order chi connectivity index (χ1) is 5.27. The van der Waals surface area contributed by atoms with Crippen LogP contribution in [0.3, 0.4) is 0 Å². The van der Waals surface area contributed by atoms with Gasteiger partial charge in [-0.25, -0.2) is 0 Å². The molecule has 0 unspecified atom stereocenters. The lowest BCUT2D eigenvalue weighted by molar-refractivity contribution is 0.813. The molecular weight excluding hydrogens is 132 g/mol. The summed E-state index contributed by atoms with van der Waals surface area (Å²) in [5.41, 5.74) is 0. The summed E-state index contributed by atoms with van der Waals surface area (Å²) in [7, 11) is 0. The molecule has 0 aromatic heterocycles. The predicted octanol–water partition coefficient (Wildman–Crippen LogP) is 3.75. The normalized spacial score (nSPS) is 12.4. The standard InChI is InChI=1S/C11H19/c1-4-5-6-7-8-9-10-11(2)3/h7-8,10-11H,4-6H2,1-3H3. The minimum Gasteiger partial charge on any atom is -0.0839 e. The molecular formula is C11H19. The third kappa shape index (κ3) is 9.48. The lowest BCUT2D eigenvalue weighted by atomic mass is 10.2. The quantitative estimate of drug-likeness (QED) is 0.414. The number of hydrogen-bond donors (Lipinski definition) is 0. The van der Waals surface area contributed by atoms with Gasteiger partial charge in [-0.1, -0.05) is 51.8 Å². The van der Waals surface area contributed by atoms with Crippen molar-refractivity contribution in [3.8, 4) is 0 Å². The summed E-state index contributed by atoms with van der Waals surface area (Å²) in [6, 6.07) is 0. The predicted molar refractivity (Wildman–Crippen MR) is 51.3 cm³/mol. The van der Waals surface area contributed by atoms with E-state index < -0.39 is 0 Å². The highest BCUT2D eigenvalue weighted by molar-refractivity contribution is 4.95. The highest BCUT2D eigenvalue weighted by Crippen LogP contribution is 1.96. The molecule has 0 rings (SSSR count). The summed E-state index contributed by atoms with van der Waals surface area (Å²) in [4.78, 5) is 0. The highest BCUT2D eigenvalue weighted by Gasteiger charge is 1.80. The molecule has 0 heterocycles. The number of unbranched alkanes of at least 4 members (excludes halogenated alkanes) is 2. The Morgan fingerprint density at radius 3 is 2.64 bits per heavy atom. The zero-order chi connectivity index (χ0) is 8.53. The maximum absolute atomic E-state index is 3.14. The lowest BCUT2D eigenvalue weighted by Crippen LogP contribution is -1.75. The van der Waals surface area contributed by atoms with E-state index in [4.69, 9.17) is 0 Å². The third-order valence-electron chi connectivity index (χ3n) is 1.37. The maximum Gasteiger partial charge on any atom is -0.0228 e. The summed E-state index contributed by atoms with van der Waals surface area (Å²) in [5, 5.41) is 0. The topological polar surface area (TPSA) is 0 Å². The van der Waals surface area contributed by atoms with E-state index in [0.717, 1.165) is 0 Å². The van der Waals surface area contributed by atoms with E-state index >= 15 is 0 Å². The fourth-order valence-corrected chi connectivity index (χ4v) is 0.721. The van der Waals surface area contributed by atoms with Gasteiger partial charge in [-0.3, -0.25) is 0 Å². The molecule has 0 heteroatoms. The van der Waals surface area contributed by atoms with E-state index in [0.29, 0.717) is 5.92 Å². The van der Waals surface area contributed by atoms with Crippen LogP contribution in [-0.4, -0.2) is 0 Å². The minimum absolute atomic E-state index is 0.617. The van der Waals surface area contributed by atoms with Crippen LogP contribution in [0.2, 0.25) is 0 Å². The largest absolute Gasteiger partial charge is 0.0839 e. The fraction of sp³-hybridized carbons (Fsp3) is 0.636. The van der Waals surface area contributed by atoms with Crippen molar-refractivity contribution in [2.75, 3.05) is 0 Å². The molecule has 0 saturated carbocycles. The Balaban J connectivity index is 3.29. The molecule has 0 aromatic rings. The van der Waals surface area contributed by atoms with Crippen LogP contribution < -0.4 is 0 Å². The Bertz CT molecular complexity index is 118. The monoisotopic (exact) mass is 151 g/mol. The Kier molecular flexibility index (Phi) is 7.23. The lowest BCUT2D eigenvalue weighted by Gasteiger charge is -1.89. The number of rotatable bonds is 5. The molecule has 0 atom stereocenters. The van der Waals surface area contributed by atoms with Gasteiger partial charge in [0, 0.05) is 0 Å². The van der Waals surface area contributed by atoms with Crippen molar-refractivity contribution >= 4 is 0 Å². The van der Waals surface area contributed by atoms with Gasteiger partial charge in [-0.05, 0) is 18.4 Å². The van der Waals surface area contributed by atoms with Crippen molar-refractivity contribution in [2.24, 2.45) is 5.92 Å². The molecule has 0 nitrogen and oxygen atoms in total. The van der Waals surface area contributed by atoms with E-state index in [1.165, 1.54) is 19.3 Å². The smallest absolute Gasteiger partial charge is 0.0228 e. The van der Waals surface area contributed by atoms with E-state index in [1.807, 2.05) is 6.08 Å². The van der Waals surface area contributed by atoms with Crippen LogP contribution in [0.5, 0.6) is 0 Å². The second-order valence-electron chi connectivity index (χ2n) is 3.12. The van der Waals surface area contributed by atoms with Gasteiger partial charge < -0.3 is 0 Å². The average molecular weight is 151 g/mol. The summed E-state index contributed by atoms with van der Waals surface area (Å²) in [6.07, 6.45) is 13.2. The van der Waals surface area contributed by atoms with Crippen LogP contribution in [0.15, 0.2) is 18.2 Å². The molecule has 0 spiro atoms. The van der Waals surface area contributed by atoms with Crippen LogP contribution >= 0.6 is 0 Å². The highest BCUT2D eigenvalue weighted by atomic mass is 13.9. The molecule has 0 saturated heterocycles. The Morgan fingerprint density at radius 2 is 2.09 bits per heavy atom. The van der Waals surface area contributed by atoms with Crippen LogP contribution in [0.1, 0.15) is 40.0 Å². The molecule has 11 heavy (non-hydrogen) atoms. The van der Waals surface area contributed by atoms with Gasteiger partial charge in [0.15, 0.2) is 0 Å². The van der Waals surface area contributed by atoms with Crippen LogP contribution in [0, 0.1) is 12.0 Å². The van der Waals surface area contributed by atoms with Crippen LogP contribution in [-0.2, 0) is 0 Å². The second-order valence-corrected chi connectivity index (χ2v) is 3.12. The van der Waals surface area contributed by atoms with E-state index in [1.54, 1.807) is 0 Å². The average Bonchev–Trinajstić information content (AvgIpc) is 1.96. The minimum atomic E-state index is 0.617. The first-order valence-electron chi connectivity index (χ1n) is 4.51. The van der Waals surface area contributed by atoms with Crippen LogP contribution in [0.25, 0.3) is 0 Å². The van der Waals surface area contributed by atoms with Gasteiger partial charge in [-0.15, -0.1) is 0 Å². The molecule has 0 aliphatic heterocycles. The summed E-state index contributed by atoms with van der Waals surface area (Å²) < 4.78 is 0. The number of hydrogen-bond acceptors (Lipinski definition) is 0. The zero-order valence-corrected chi connectivity index (χ0v) is 7.93. The molecule has 0 fully saturated rings. The van der Waals surface area contributed by atoms with Gasteiger partial charge in [0.2, 0.25) is 0 Å². The summed E-state index contributed by atoms with van der Waals surface area (Å²) in [6.45, 7) is 6.53. The van der Waals surface area contributed by atoms with Crippen molar-refractivity contribution in [1.29, 1.82) is 0 Å². The Hall–Kier alpha value is -0.520. The van der Waals surface area contributed by atoms with Crippen molar-refractivity contribution in [2.45, 2.75) is 40.0 Å². The molecule has 0 aliphatic carbocycles. The summed E-state index contributed by atoms with van der Waals surface area (Å²) in [5.74, 6) is 0.617. The molecule has 63 valence electrons. The van der Waals surface area contributed by atoms with Gasteiger partial charge in [0.1, 0.15) is 0 Å². The maximum atomic E-state index is 3.14. The Labute approximate surface area is 71.0 Å². The van der Waals surface area contributed by atoms with Gasteiger partial charge in [0.05, 0.1) is 0 Å². The first kappa shape index (κ1) is 10.5. The second kappa shape index (κ2) is 7.59. The Morgan fingerprint density at radius 1 is 1.36 bits per heavy atom. The van der Waals surface area contributed by atoms with Gasteiger partial charge in [-0.2, -0.15) is 0 Å². The number of allylic oxidation sites excluding steroid dienone is 4. The molecule has 0 aromatic carbocycles. The molecule has 0 N–H and O–H groups in total.